The lowest BCUT2D eigenvalue weighted by Gasteiger charge is -2.24. The van der Waals surface area contributed by atoms with E-state index in [9.17, 15) is 14.9 Å². The van der Waals surface area contributed by atoms with E-state index in [4.69, 9.17) is 0 Å². The molecule has 0 radical (unpaired) electrons. The normalized spacial score (nSPS) is 12.2. The summed E-state index contributed by atoms with van der Waals surface area (Å²) < 4.78 is 0. The minimum absolute atomic E-state index is 0.0977. The highest BCUT2D eigenvalue weighted by Gasteiger charge is 2.26. The second kappa shape index (κ2) is 7.73. The first-order valence-corrected chi connectivity index (χ1v) is 9.97. The number of likely N-dealkylation sites (N-methyl/N-ethyl adjacent to an activating group) is 1. The first-order valence-electron chi connectivity index (χ1n) is 9.16. The number of anilines is 2. The predicted octanol–water partition coefficient (Wildman–Crippen LogP) is 4.25. The summed E-state index contributed by atoms with van der Waals surface area (Å²) in [4.78, 5) is 27.4. The lowest BCUT2D eigenvalue weighted by atomic mass is 10.1. The van der Waals surface area contributed by atoms with E-state index in [0.717, 1.165) is 21.4 Å². The van der Waals surface area contributed by atoms with Gasteiger partial charge in [-0.25, -0.2) is 0 Å². The third-order valence-electron chi connectivity index (χ3n) is 4.74. The quantitative estimate of drug-likeness (QED) is 0.379. The van der Waals surface area contributed by atoms with Crippen molar-refractivity contribution in [3.8, 4) is 0 Å². The summed E-state index contributed by atoms with van der Waals surface area (Å²) in [5.74, 6) is -0.330. The molecule has 2 N–H and O–H groups in total. The highest BCUT2D eigenvalue weighted by Crippen LogP contribution is 2.49. The number of benzene rings is 3. The van der Waals surface area contributed by atoms with Crippen LogP contribution in [0.5, 0.6) is 0 Å². The highest BCUT2D eigenvalue weighted by molar-refractivity contribution is 8.00. The molecule has 1 heterocycles. The highest BCUT2D eigenvalue weighted by atomic mass is 32.2. The predicted molar refractivity (Wildman–Crippen MR) is 115 cm³/mol. The smallest absolute Gasteiger partial charge is 0.271 e. The van der Waals surface area contributed by atoms with E-state index in [1.54, 1.807) is 0 Å². The monoisotopic (exact) mass is 408 g/mol. The van der Waals surface area contributed by atoms with E-state index in [1.807, 2.05) is 55.4 Å². The van der Waals surface area contributed by atoms with Crippen LogP contribution in [0.3, 0.4) is 0 Å². The van der Waals surface area contributed by atoms with Crippen molar-refractivity contribution < 1.29 is 9.72 Å². The maximum atomic E-state index is 12.8. The summed E-state index contributed by atoms with van der Waals surface area (Å²) >= 11 is 1.45. The number of fused-ring (bicyclic) bond motifs is 4. The van der Waals surface area contributed by atoms with E-state index < -0.39 is 4.92 Å². The van der Waals surface area contributed by atoms with Gasteiger partial charge in [0, 0.05) is 35.0 Å². The first-order chi connectivity index (χ1) is 13.9. The van der Waals surface area contributed by atoms with Crippen molar-refractivity contribution >= 4 is 45.5 Å². The number of nitrogens with zero attached hydrogens (tertiary/aromatic N) is 2. The maximum Gasteiger partial charge on any atom is 0.271 e. The number of amides is 1. The number of hydrogen-bond donors (Lipinski definition) is 2. The average Bonchev–Trinajstić information content (AvgIpc) is 2.71. The standard InChI is InChI=1S/C21H20N4O3S/c1-24(2)10-9-22-21(26)16-11-14(25(27)28)12-18-19(16)23-17-8-7-13-5-3-4-6-15(13)20(17)29-18/h3-8,11-12,23H,9-10H2,1-2H3,(H,22,26). The van der Waals surface area contributed by atoms with Gasteiger partial charge in [0.2, 0.25) is 0 Å². The fourth-order valence-electron chi connectivity index (χ4n) is 3.28. The molecule has 0 atom stereocenters. The van der Waals surface area contributed by atoms with E-state index in [2.05, 4.69) is 10.6 Å². The van der Waals surface area contributed by atoms with Gasteiger partial charge in [0.25, 0.3) is 11.6 Å². The lowest BCUT2D eigenvalue weighted by Crippen LogP contribution is -2.31. The fourth-order valence-corrected chi connectivity index (χ4v) is 4.47. The van der Waals surface area contributed by atoms with Crippen LogP contribution < -0.4 is 10.6 Å². The van der Waals surface area contributed by atoms with Crippen LogP contribution in [0.25, 0.3) is 10.8 Å². The SMILES string of the molecule is CN(C)CCNC(=O)c1cc([N+](=O)[O-])cc2c1Nc1ccc3ccccc3c1S2. The van der Waals surface area contributed by atoms with Gasteiger partial charge in [0.05, 0.1) is 21.9 Å². The van der Waals surface area contributed by atoms with Gasteiger partial charge in [-0.2, -0.15) is 0 Å². The second-order valence-corrected chi connectivity index (χ2v) is 8.13. The summed E-state index contributed by atoms with van der Waals surface area (Å²) in [5, 5.41) is 19.8. The molecule has 1 amide bonds. The molecule has 4 rings (SSSR count). The Morgan fingerprint density at radius 1 is 1.21 bits per heavy atom. The minimum atomic E-state index is -0.462. The molecule has 0 saturated carbocycles. The number of carbonyl (C=O) groups is 1. The number of non-ortho nitro benzene ring substituents is 1. The van der Waals surface area contributed by atoms with E-state index in [1.165, 1.54) is 23.9 Å². The summed E-state index contributed by atoms with van der Waals surface area (Å²) in [6, 6.07) is 14.9. The van der Waals surface area contributed by atoms with Crippen molar-refractivity contribution in [1.82, 2.24) is 10.2 Å². The van der Waals surface area contributed by atoms with Crippen LogP contribution in [-0.4, -0.2) is 42.9 Å². The number of carbonyl (C=O) groups excluding carboxylic acids is 1. The third-order valence-corrected chi connectivity index (χ3v) is 5.92. The van der Waals surface area contributed by atoms with E-state index in [0.29, 0.717) is 23.7 Å². The molecular formula is C21H20N4O3S. The molecule has 29 heavy (non-hydrogen) atoms. The molecule has 1 aliphatic heterocycles. The Labute approximate surface area is 172 Å². The van der Waals surface area contributed by atoms with Crippen molar-refractivity contribution in [3.63, 3.8) is 0 Å². The van der Waals surface area contributed by atoms with Crippen LogP contribution in [0.15, 0.2) is 58.3 Å². The van der Waals surface area contributed by atoms with Crippen LogP contribution in [-0.2, 0) is 0 Å². The van der Waals surface area contributed by atoms with Gasteiger partial charge in [0.1, 0.15) is 0 Å². The maximum absolute atomic E-state index is 12.8. The fraction of sp³-hybridized carbons (Fsp3) is 0.190. The Morgan fingerprint density at radius 3 is 2.76 bits per heavy atom. The lowest BCUT2D eigenvalue weighted by molar-refractivity contribution is -0.385. The van der Waals surface area contributed by atoms with Crippen molar-refractivity contribution in [2.75, 3.05) is 32.5 Å². The molecule has 0 saturated heterocycles. The van der Waals surface area contributed by atoms with Gasteiger partial charge in [-0.05, 0) is 30.9 Å². The van der Waals surface area contributed by atoms with Crippen molar-refractivity contribution in [2.45, 2.75) is 9.79 Å². The number of nitro benzene ring substituents is 1. The van der Waals surface area contributed by atoms with Gasteiger partial charge >= 0.3 is 0 Å². The van der Waals surface area contributed by atoms with Crippen LogP contribution in [0.4, 0.5) is 17.1 Å². The number of rotatable bonds is 5. The van der Waals surface area contributed by atoms with Gasteiger partial charge in [0.15, 0.2) is 0 Å². The Hall–Kier alpha value is -3.10. The Kier molecular flexibility index (Phi) is 5.12. The van der Waals surface area contributed by atoms with Crippen LogP contribution >= 0.6 is 11.8 Å². The molecular weight excluding hydrogens is 388 g/mol. The largest absolute Gasteiger partial charge is 0.353 e. The zero-order valence-electron chi connectivity index (χ0n) is 16.1. The molecule has 0 bridgehead atoms. The van der Waals surface area contributed by atoms with Crippen molar-refractivity contribution in [2.24, 2.45) is 0 Å². The average molecular weight is 408 g/mol. The molecule has 7 nitrogen and oxygen atoms in total. The van der Waals surface area contributed by atoms with E-state index >= 15 is 0 Å². The minimum Gasteiger partial charge on any atom is -0.353 e. The van der Waals surface area contributed by atoms with Crippen LogP contribution in [0.2, 0.25) is 0 Å². The third kappa shape index (κ3) is 3.76. The van der Waals surface area contributed by atoms with Crippen LogP contribution in [0, 0.1) is 10.1 Å². The summed E-state index contributed by atoms with van der Waals surface area (Å²) in [5.41, 5.74) is 1.67. The molecule has 0 aliphatic carbocycles. The molecule has 0 unspecified atom stereocenters. The molecule has 3 aromatic rings. The molecule has 0 spiro atoms. The molecule has 1 aliphatic rings. The zero-order valence-corrected chi connectivity index (χ0v) is 16.9. The summed E-state index contributed by atoms with van der Waals surface area (Å²) in [6.07, 6.45) is 0. The van der Waals surface area contributed by atoms with Gasteiger partial charge < -0.3 is 15.5 Å². The van der Waals surface area contributed by atoms with E-state index in [-0.39, 0.29) is 17.2 Å². The topological polar surface area (TPSA) is 87.5 Å². The Balaban J connectivity index is 1.76. The van der Waals surface area contributed by atoms with Gasteiger partial charge in [-0.1, -0.05) is 42.1 Å². The molecule has 8 heteroatoms. The molecule has 148 valence electrons. The van der Waals surface area contributed by atoms with Crippen molar-refractivity contribution in [3.05, 3.63) is 64.2 Å². The summed E-state index contributed by atoms with van der Waals surface area (Å²) in [6.45, 7) is 1.14. The number of nitro groups is 1. The molecule has 0 fully saturated rings. The number of hydrogen-bond acceptors (Lipinski definition) is 6. The molecule has 0 aromatic heterocycles. The van der Waals surface area contributed by atoms with Crippen molar-refractivity contribution in [1.29, 1.82) is 0 Å². The second-order valence-electron chi connectivity index (χ2n) is 7.07. The van der Waals surface area contributed by atoms with Crippen LogP contribution in [0.1, 0.15) is 10.4 Å². The van der Waals surface area contributed by atoms with Gasteiger partial charge in [-0.15, -0.1) is 0 Å². The Bertz CT molecular complexity index is 1130. The molecule has 3 aromatic carbocycles. The zero-order chi connectivity index (χ0) is 20.5. The first kappa shape index (κ1) is 19.2. The van der Waals surface area contributed by atoms with Gasteiger partial charge in [-0.3, -0.25) is 14.9 Å². The number of nitrogens with one attached hydrogen (secondary N) is 2. The summed E-state index contributed by atoms with van der Waals surface area (Å²) in [7, 11) is 3.83. The Morgan fingerprint density at radius 2 is 2.00 bits per heavy atom.